The van der Waals surface area contributed by atoms with E-state index in [1.54, 1.807) is 7.11 Å². The summed E-state index contributed by atoms with van der Waals surface area (Å²) in [6, 6.07) is 13.9. The summed E-state index contributed by atoms with van der Waals surface area (Å²) >= 11 is 0. The zero-order valence-electron chi connectivity index (χ0n) is 20.2. The van der Waals surface area contributed by atoms with Crippen molar-refractivity contribution in [1.29, 1.82) is 0 Å². The molecule has 2 aromatic carbocycles. The average Bonchev–Trinajstić information content (AvgIpc) is 3.24. The summed E-state index contributed by atoms with van der Waals surface area (Å²) in [5.74, 6) is 2.81. The van der Waals surface area contributed by atoms with Gasteiger partial charge in [-0.1, -0.05) is 37.3 Å². The highest BCUT2D eigenvalue weighted by molar-refractivity contribution is 7.81. The Morgan fingerprint density at radius 3 is 2.53 bits per heavy atom. The van der Waals surface area contributed by atoms with Gasteiger partial charge < -0.3 is 14.4 Å². The molecule has 0 N–H and O–H groups in total. The standard InChI is InChI=1S/C27H34N2O4S/c1-4-20-9-5-7-18(2)26(20)27(30)28-15-24(32-3)25(16-28)33-23-10-6-8-19(11-23)17-34(31)29-13-21-12-22(21)14-29/h5-11,21-22,24-25H,4,12-17H2,1-3H3. The molecule has 1 aliphatic carbocycles. The maximum Gasteiger partial charge on any atom is 0.254 e. The predicted molar refractivity (Wildman–Crippen MR) is 133 cm³/mol. The van der Waals surface area contributed by atoms with E-state index in [4.69, 9.17) is 9.47 Å². The summed E-state index contributed by atoms with van der Waals surface area (Å²) in [4.78, 5) is 15.3. The molecule has 3 fully saturated rings. The topological polar surface area (TPSA) is 59.1 Å². The van der Waals surface area contributed by atoms with Gasteiger partial charge in [-0.2, -0.15) is 0 Å². The van der Waals surface area contributed by atoms with Gasteiger partial charge in [0.25, 0.3) is 5.91 Å². The molecule has 2 aromatic rings. The van der Waals surface area contributed by atoms with Crippen LogP contribution >= 0.6 is 0 Å². The van der Waals surface area contributed by atoms with Crippen molar-refractivity contribution >= 4 is 16.9 Å². The van der Waals surface area contributed by atoms with Crippen LogP contribution < -0.4 is 4.74 Å². The first-order valence-electron chi connectivity index (χ1n) is 12.3. The van der Waals surface area contributed by atoms with Crippen molar-refractivity contribution in [3.05, 3.63) is 64.7 Å². The zero-order valence-corrected chi connectivity index (χ0v) is 21.1. The van der Waals surface area contributed by atoms with Crippen molar-refractivity contribution in [3.8, 4) is 5.75 Å². The highest BCUT2D eigenvalue weighted by atomic mass is 32.2. The fraction of sp³-hybridized carbons (Fsp3) is 0.519. The van der Waals surface area contributed by atoms with Crippen LogP contribution in [0.1, 0.15) is 40.4 Å². The summed E-state index contributed by atoms with van der Waals surface area (Å²) in [7, 11) is 0.671. The zero-order chi connectivity index (χ0) is 23.8. The molecule has 0 aromatic heterocycles. The summed E-state index contributed by atoms with van der Waals surface area (Å²) < 4.78 is 26.9. The molecule has 0 radical (unpaired) electrons. The minimum Gasteiger partial charge on any atom is -0.486 e. The van der Waals surface area contributed by atoms with E-state index in [-0.39, 0.29) is 18.1 Å². The molecule has 6 nitrogen and oxygen atoms in total. The van der Waals surface area contributed by atoms with Crippen LogP contribution in [0.15, 0.2) is 42.5 Å². The number of carbonyl (C=O) groups excluding carboxylic acids is 1. The Bertz CT molecular complexity index is 1080. The van der Waals surface area contributed by atoms with Gasteiger partial charge in [0.15, 0.2) is 0 Å². The van der Waals surface area contributed by atoms with Crippen molar-refractivity contribution in [2.45, 2.75) is 44.6 Å². The molecule has 182 valence electrons. The Hall–Kier alpha value is -2.22. The second kappa shape index (κ2) is 9.80. The van der Waals surface area contributed by atoms with E-state index in [0.29, 0.717) is 18.8 Å². The Kier molecular flexibility index (Phi) is 6.78. The molecule has 0 bridgehead atoms. The minimum absolute atomic E-state index is 0.0379. The van der Waals surface area contributed by atoms with Gasteiger partial charge in [0.1, 0.15) is 18.0 Å². The molecule has 5 unspecified atom stereocenters. The number of hydrogen-bond acceptors (Lipinski definition) is 4. The molecule has 3 aliphatic rings. The van der Waals surface area contributed by atoms with Crippen LogP contribution in [0.25, 0.3) is 0 Å². The lowest BCUT2D eigenvalue weighted by Gasteiger charge is -2.20. The summed E-state index contributed by atoms with van der Waals surface area (Å²) in [6.07, 6.45) is 1.67. The van der Waals surface area contributed by atoms with Gasteiger partial charge in [-0.25, -0.2) is 8.51 Å². The lowest BCUT2D eigenvalue weighted by Crippen LogP contribution is -2.32. The summed E-state index contributed by atoms with van der Waals surface area (Å²) in [5, 5.41) is 0. The monoisotopic (exact) mass is 482 g/mol. The van der Waals surface area contributed by atoms with Crippen molar-refractivity contribution in [2.24, 2.45) is 11.8 Å². The Labute approximate surface area is 204 Å². The number of likely N-dealkylation sites (tertiary alicyclic amines) is 1. The number of fused-ring (bicyclic) bond motifs is 1. The Morgan fingerprint density at radius 1 is 1.06 bits per heavy atom. The lowest BCUT2D eigenvalue weighted by atomic mass is 9.99. The van der Waals surface area contributed by atoms with Gasteiger partial charge in [0.05, 0.1) is 29.8 Å². The van der Waals surface area contributed by atoms with Crippen LogP contribution in [0.5, 0.6) is 5.75 Å². The fourth-order valence-electron chi connectivity index (χ4n) is 5.38. The number of hydrogen-bond donors (Lipinski definition) is 0. The number of aryl methyl sites for hydroxylation is 2. The molecule has 0 spiro atoms. The molecular formula is C27H34N2O4S. The number of rotatable bonds is 8. The predicted octanol–water partition coefficient (Wildman–Crippen LogP) is 3.59. The summed E-state index contributed by atoms with van der Waals surface area (Å²) in [6.45, 7) is 6.97. The molecule has 34 heavy (non-hydrogen) atoms. The van der Waals surface area contributed by atoms with Gasteiger partial charge in [-0.05, 0) is 60.4 Å². The number of methoxy groups -OCH3 is 1. The van der Waals surface area contributed by atoms with E-state index >= 15 is 0 Å². The third kappa shape index (κ3) is 4.79. The normalized spacial score (nSPS) is 27.0. The first kappa shape index (κ1) is 23.5. The van der Waals surface area contributed by atoms with E-state index in [9.17, 15) is 9.00 Å². The van der Waals surface area contributed by atoms with E-state index < -0.39 is 11.0 Å². The number of carbonyl (C=O) groups is 1. The van der Waals surface area contributed by atoms with Crippen LogP contribution in [0.4, 0.5) is 0 Å². The number of nitrogens with zero attached hydrogens (tertiary/aromatic N) is 2. The third-order valence-electron chi connectivity index (χ3n) is 7.47. The molecule has 2 heterocycles. The molecular weight excluding hydrogens is 448 g/mol. The number of benzene rings is 2. The molecule has 1 saturated carbocycles. The van der Waals surface area contributed by atoms with Gasteiger partial charge in [-0.3, -0.25) is 4.79 Å². The quantitative estimate of drug-likeness (QED) is 0.577. The van der Waals surface area contributed by atoms with Crippen molar-refractivity contribution in [1.82, 2.24) is 9.21 Å². The minimum atomic E-state index is -0.996. The maximum absolute atomic E-state index is 13.4. The fourth-order valence-corrected chi connectivity index (χ4v) is 6.74. The molecule has 1 amide bonds. The molecule has 2 aliphatic heterocycles. The highest BCUT2D eigenvalue weighted by Gasteiger charge is 2.46. The second-order valence-electron chi connectivity index (χ2n) is 9.82. The Morgan fingerprint density at radius 2 is 1.79 bits per heavy atom. The first-order chi connectivity index (χ1) is 16.5. The second-order valence-corrected chi connectivity index (χ2v) is 11.3. The number of piperidine rings is 1. The maximum atomic E-state index is 13.4. The van der Waals surface area contributed by atoms with E-state index in [0.717, 1.165) is 59.3 Å². The van der Waals surface area contributed by atoms with Gasteiger partial charge in [-0.15, -0.1) is 0 Å². The summed E-state index contributed by atoms with van der Waals surface area (Å²) in [5.41, 5.74) is 3.87. The number of amides is 1. The van der Waals surface area contributed by atoms with E-state index in [1.807, 2.05) is 54.3 Å². The van der Waals surface area contributed by atoms with Crippen LogP contribution in [0.3, 0.4) is 0 Å². The van der Waals surface area contributed by atoms with Crippen molar-refractivity contribution in [3.63, 3.8) is 0 Å². The van der Waals surface area contributed by atoms with E-state index in [2.05, 4.69) is 11.2 Å². The molecule has 5 atom stereocenters. The van der Waals surface area contributed by atoms with Gasteiger partial charge >= 0.3 is 0 Å². The molecule has 5 rings (SSSR count). The van der Waals surface area contributed by atoms with Crippen molar-refractivity contribution in [2.75, 3.05) is 33.3 Å². The van der Waals surface area contributed by atoms with Crippen LogP contribution in [-0.2, 0) is 27.9 Å². The average molecular weight is 483 g/mol. The smallest absolute Gasteiger partial charge is 0.254 e. The third-order valence-corrected chi connectivity index (χ3v) is 8.92. The molecule has 7 heteroatoms. The first-order valence-corrected chi connectivity index (χ1v) is 13.5. The van der Waals surface area contributed by atoms with Gasteiger partial charge in [0.2, 0.25) is 0 Å². The van der Waals surface area contributed by atoms with Crippen molar-refractivity contribution < 1.29 is 18.5 Å². The largest absolute Gasteiger partial charge is 0.486 e. The number of ether oxygens (including phenoxy) is 2. The molecule has 2 saturated heterocycles. The van der Waals surface area contributed by atoms with Crippen LogP contribution in [0, 0.1) is 18.8 Å². The van der Waals surface area contributed by atoms with Crippen LogP contribution in [-0.4, -0.2) is 64.8 Å². The SMILES string of the molecule is CCc1cccc(C)c1C(=O)N1CC(OC)C(Oc2cccc(CS(=O)N3CC4CC4C3)c2)C1. The highest BCUT2D eigenvalue weighted by Crippen LogP contribution is 2.45. The lowest BCUT2D eigenvalue weighted by molar-refractivity contribution is 0.0339. The Balaban J connectivity index is 1.25. The van der Waals surface area contributed by atoms with Crippen LogP contribution in [0.2, 0.25) is 0 Å². The van der Waals surface area contributed by atoms with E-state index in [1.165, 1.54) is 6.42 Å². The van der Waals surface area contributed by atoms with Gasteiger partial charge in [0, 0.05) is 25.8 Å².